The van der Waals surface area contributed by atoms with Crippen LogP contribution in [0, 0.1) is 0 Å². The first kappa shape index (κ1) is 15.9. The number of hydrogen-bond acceptors (Lipinski definition) is 4. The summed E-state index contributed by atoms with van der Waals surface area (Å²) in [5, 5.41) is 8.60. The van der Waals surface area contributed by atoms with Gasteiger partial charge in [0.05, 0.1) is 12.7 Å². The van der Waals surface area contributed by atoms with Crippen LogP contribution in [0.1, 0.15) is 15.9 Å². The van der Waals surface area contributed by atoms with Gasteiger partial charge >= 0.3 is 18.5 Å². The zero-order chi connectivity index (χ0) is 15.7. The van der Waals surface area contributed by atoms with E-state index in [1.165, 1.54) is 0 Å². The van der Waals surface area contributed by atoms with Crippen molar-refractivity contribution in [2.45, 2.75) is 12.5 Å². The fourth-order valence-corrected chi connectivity index (χ4v) is 1.27. The molecule has 1 rings (SSSR count). The summed E-state index contributed by atoms with van der Waals surface area (Å²) < 4.78 is 82.1. The topological polar surface area (TPSA) is 68.7 Å². The van der Waals surface area contributed by atoms with Gasteiger partial charge in [-0.1, -0.05) is 0 Å². The molecule has 0 fully saturated rings. The summed E-state index contributed by atoms with van der Waals surface area (Å²) in [6.45, 7) is 0. The largest absolute Gasteiger partial charge is 0.573 e. The van der Waals surface area contributed by atoms with Gasteiger partial charge in [0.1, 0.15) is 5.56 Å². The highest BCUT2D eigenvalue weighted by Gasteiger charge is 2.45. The normalized spacial score (nSPS) is 12.2. The van der Waals surface area contributed by atoms with Gasteiger partial charge in [-0.25, -0.2) is 9.78 Å². The monoisotopic (exact) mass is 305 g/mol. The molecule has 0 bridgehead atoms. The molecule has 0 aliphatic carbocycles. The second-order valence-corrected chi connectivity index (χ2v) is 3.24. The van der Waals surface area contributed by atoms with Gasteiger partial charge in [0, 0.05) is 6.20 Å². The Bertz CT molecular complexity index is 524. The molecule has 1 N–H and O–H groups in total. The fourth-order valence-electron chi connectivity index (χ4n) is 1.27. The number of hydrogen-bond donors (Lipinski definition) is 1. The zero-order valence-corrected chi connectivity index (χ0v) is 9.46. The second-order valence-electron chi connectivity index (χ2n) is 3.24. The number of carboxylic acid groups (broad SMARTS) is 1. The predicted octanol–water partition coefficient (Wildman–Crippen LogP) is 2.71. The molecule has 0 aliphatic rings. The van der Waals surface area contributed by atoms with Gasteiger partial charge < -0.3 is 14.6 Å². The number of rotatable bonds is 3. The number of aromatic nitrogens is 1. The van der Waals surface area contributed by atoms with Gasteiger partial charge in [-0.3, -0.25) is 0 Å². The minimum atomic E-state index is -5.48. The minimum Gasteiger partial charge on any atom is -0.478 e. The minimum absolute atomic E-state index is 0.229. The molecule has 0 aromatic carbocycles. The van der Waals surface area contributed by atoms with Gasteiger partial charge in [0.2, 0.25) is 5.75 Å². The molecule has 1 aromatic heterocycles. The van der Waals surface area contributed by atoms with E-state index in [-0.39, 0.29) is 6.20 Å². The van der Waals surface area contributed by atoms with Crippen molar-refractivity contribution >= 4 is 5.97 Å². The quantitative estimate of drug-likeness (QED) is 0.870. The van der Waals surface area contributed by atoms with Crippen molar-refractivity contribution in [3.63, 3.8) is 0 Å². The van der Waals surface area contributed by atoms with Crippen LogP contribution in [0.4, 0.5) is 26.3 Å². The van der Waals surface area contributed by atoms with Gasteiger partial charge in [-0.05, 0) is 0 Å². The van der Waals surface area contributed by atoms with Crippen molar-refractivity contribution in [3.8, 4) is 11.6 Å². The number of pyridine rings is 1. The summed E-state index contributed by atoms with van der Waals surface area (Å²) >= 11 is 0. The average Bonchev–Trinajstić information content (AvgIpc) is 2.24. The smallest absolute Gasteiger partial charge is 0.478 e. The number of carboxylic acids is 1. The standard InChI is InChI=1S/C9H5F6NO4/c1-19-6-5(20-9(13,14)15)4(8(10,11)12)3(2-16-6)7(17)18/h2H,1H3,(H,17,18). The highest BCUT2D eigenvalue weighted by Crippen LogP contribution is 2.44. The molecule has 1 aromatic rings. The van der Waals surface area contributed by atoms with E-state index in [1.807, 2.05) is 0 Å². The molecule has 1 heterocycles. The maximum absolute atomic E-state index is 12.8. The molecule has 0 saturated heterocycles. The molecule has 0 aliphatic heterocycles. The Hall–Kier alpha value is -2.20. The van der Waals surface area contributed by atoms with E-state index in [1.54, 1.807) is 0 Å². The Morgan fingerprint density at radius 1 is 1.25 bits per heavy atom. The number of halogens is 6. The Balaban J connectivity index is 3.65. The molecule has 0 atom stereocenters. The molecule has 0 radical (unpaired) electrons. The second kappa shape index (κ2) is 5.06. The lowest BCUT2D eigenvalue weighted by Gasteiger charge is -2.18. The Kier molecular flexibility index (Phi) is 4.01. The number of nitrogens with zero attached hydrogens (tertiary/aromatic N) is 1. The van der Waals surface area contributed by atoms with E-state index >= 15 is 0 Å². The van der Waals surface area contributed by atoms with Crippen LogP contribution in [0.25, 0.3) is 0 Å². The van der Waals surface area contributed by atoms with Crippen LogP contribution in [-0.4, -0.2) is 29.5 Å². The van der Waals surface area contributed by atoms with Gasteiger partial charge in [0.15, 0.2) is 0 Å². The summed E-state index contributed by atoms with van der Waals surface area (Å²) in [6, 6.07) is 0. The lowest BCUT2D eigenvalue weighted by atomic mass is 10.1. The highest BCUT2D eigenvalue weighted by atomic mass is 19.4. The van der Waals surface area contributed by atoms with E-state index in [4.69, 9.17) is 5.11 Å². The molecule has 20 heavy (non-hydrogen) atoms. The molecule has 5 nitrogen and oxygen atoms in total. The Labute approximate surface area is 106 Å². The molecule has 11 heteroatoms. The van der Waals surface area contributed by atoms with Crippen molar-refractivity contribution in [1.82, 2.24) is 4.98 Å². The van der Waals surface area contributed by atoms with Crippen molar-refractivity contribution in [2.75, 3.05) is 7.11 Å². The van der Waals surface area contributed by atoms with E-state index in [9.17, 15) is 31.1 Å². The van der Waals surface area contributed by atoms with Crippen LogP contribution in [0.15, 0.2) is 6.20 Å². The molecular weight excluding hydrogens is 300 g/mol. The average molecular weight is 305 g/mol. The lowest BCUT2D eigenvalue weighted by Crippen LogP contribution is -2.23. The fraction of sp³-hybridized carbons (Fsp3) is 0.333. The van der Waals surface area contributed by atoms with Crippen LogP contribution in [0.2, 0.25) is 0 Å². The summed E-state index contributed by atoms with van der Waals surface area (Å²) in [4.78, 5) is 13.7. The number of aromatic carboxylic acids is 1. The first-order chi connectivity index (χ1) is 8.97. The maximum atomic E-state index is 12.8. The van der Waals surface area contributed by atoms with Crippen molar-refractivity contribution in [1.29, 1.82) is 0 Å². The van der Waals surface area contributed by atoms with Crippen LogP contribution in [0.5, 0.6) is 11.6 Å². The van der Waals surface area contributed by atoms with Gasteiger partial charge in [0.25, 0.3) is 5.88 Å². The predicted molar refractivity (Wildman–Crippen MR) is 49.4 cm³/mol. The third-order valence-electron chi connectivity index (χ3n) is 1.93. The molecule has 0 unspecified atom stereocenters. The maximum Gasteiger partial charge on any atom is 0.573 e. The number of alkyl halides is 6. The van der Waals surface area contributed by atoms with Crippen LogP contribution in [0.3, 0.4) is 0 Å². The molecule has 0 saturated carbocycles. The van der Waals surface area contributed by atoms with E-state index in [0.29, 0.717) is 0 Å². The molecule has 112 valence electrons. The first-order valence-electron chi connectivity index (χ1n) is 4.60. The van der Waals surface area contributed by atoms with Crippen molar-refractivity contribution < 1.29 is 45.7 Å². The SMILES string of the molecule is COc1ncc(C(=O)O)c(C(F)(F)F)c1OC(F)(F)F. The molecule has 0 amide bonds. The summed E-state index contributed by atoms with van der Waals surface area (Å²) in [5.74, 6) is -5.11. The zero-order valence-electron chi connectivity index (χ0n) is 9.46. The van der Waals surface area contributed by atoms with Crippen molar-refractivity contribution in [2.24, 2.45) is 0 Å². The van der Waals surface area contributed by atoms with Crippen LogP contribution >= 0.6 is 0 Å². The molecule has 0 spiro atoms. The Morgan fingerprint density at radius 2 is 1.80 bits per heavy atom. The molecular formula is C9H5F6NO4. The third-order valence-corrected chi connectivity index (χ3v) is 1.93. The Morgan fingerprint density at radius 3 is 2.15 bits per heavy atom. The van der Waals surface area contributed by atoms with Crippen LogP contribution < -0.4 is 9.47 Å². The van der Waals surface area contributed by atoms with E-state index in [2.05, 4.69) is 14.5 Å². The summed E-state index contributed by atoms with van der Waals surface area (Å²) in [6.07, 6.45) is -10.7. The number of carbonyl (C=O) groups is 1. The van der Waals surface area contributed by atoms with Gasteiger partial charge in [-0.2, -0.15) is 13.2 Å². The highest BCUT2D eigenvalue weighted by molar-refractivity contribution is 5.90. The first-order valence-corrected chi connectivity index (χ1v) is 4.60. The number of ether oxygens (including phenoxy) is 2. The van der Waals surface area contributed by atoms with Crippen molar-refractivity contribution in [3.05, 3.63) is 17.3 Å². The van der Waals surface area contributed by atoms with Gasteiger partial charge in [-0.15, -0.1) is 13.2 Å². The third kappa shape index (κ3) is 3.42. The lowest BCUT2D eigenvalue weighted by molar-refractivity contribution is -0.276. The number of methoxy groups -OCH3 is 1. The summed E-state index contributed by atoms with van der Waals surface area (Å²) in [7, 11) is 0.756. The van der Waals surface area contributed by atoms with E-state index in [0.717, 1.165) is 7.11 Å². The summed E-state index contributed by atoms with van der Waals surface area (Å²) in [5.41, 5.74) is -3.62. The van der Waals surface area contributed by atoms with Crippen LogP contribution in [-0.2, 0) is 6.18 Å². The van der Waals surface area contributed by atoms with E-state index < -0.39 is 41.3 Å².